The highest BCUT2D eigenvalue weighted by Gasteiger charge is 2.16. The highest BCUT2D eigenvalue weighted by molar-refractivity contribution is 7.92. The molecule has 0 aliphatic heterocycles. The van der Waals surface area contributed by atoms with E-state index in [1.54, 1.807) is 42.5 Å². The molecule has 3 aromatic carbocycles. The van der Waals surface area contributed by atoms with Crippen LogP contribution in [0.1, 0.15) is 41.3 Å². The highest BCUT2D eigenvalue weighted by atomic mass is 32.2. The minimum Gasteiger partial charge on any atom is -0.493 e. The number of aryl methyl sites for hydroxylation is 2. The SMILES string of the molecule is CCCCOc1ccccc1C(=O)Nc1ccc(S(=O)(=O)Nc2ccc(C)c(C)c2)cc1. The molecule has 0 saturated carbocycles. The zero-order valence-corrected chi connectivity index (χ0v) is 19.3. The average molecular weight is 453 g/mol. The van der Waals surface area contributed by atoms with Crippen molar-refractivity contribution in [1.29, 1.82) is 0 Å². The largest absolute Gasteiger partial charge is 0.493 e. The molecule has 0 fully saturated rings. The first-order valence-electron chi connectivity index (χ1n) is 10.5. The van der Waals surface area contributed by atoms with Crippen molar-refractivity contribution in [2.75, 3.05) is 16.6 Å². The fraction of sp³-hybridized carbons (Fsp3) is 0.240. The van der Waals surface area contributed by atoms with Crippen LogP contribution in [0.15, 0.2) is 71.6 Å². The lowest BCUT2D eigenvalue weighted by Crippen LogP contribution is -2.15. The number of nitrogens with one attached hydrogen (secondary N) is 2. The van der Waals surface area contributed by atoms with Crippen molar-refractivity contribution in [2.24, 2.45) is 0 Å². The van der Waals surface area contributed by atoms with Gasteiger partial charge in [-0.2, -0.15) is 0 Å². The number of rotatable bonds is 9. The van der Waals surface area contributed by atoms with Crippen LogP contribution in [0.3, 0.4) is 0 Å². The second-order valence-electron chi connectivity index (χ2n) is 7.58. The van der Waals surface area contributed by atoms with E-state index in [-0.39, 0.29) is 10.8 Å². The number of carbonyl (C=O) groups excluding carboxylic acids is 1. The highest BCUT2D eigenvalue weighted by Crippen LogP contribution is 2.23. The third-order valence-corrected chi connectivity index (χ3v) is 6.47. The molecule has 32 heavy (non-hydrogen) atoms. The summed E-state index contributed by atoms with van der Waals surface area (Å²) in [4.78, 5) is 12.8. The smallest absolute Gasteiger partial charge is 0.261 e. The molecule has 168 valence electrons. The Hall–Kier alpha value is -3.32. The van der Waals surface area contributed by atoms with Crippen molar-refractivity contribution < 1.29 is 17.9 Å². The van der Waals surface area contributed by atoms with Gasteiger partial charge < -0.3 is 10.1 Å². The van der Waals surface area contributed by atoms with Gasteiger partial charge >= 0.3 is 0 Å². The molecule has 0 radical (unpaired) electrons. The van der Waals surface area contributed by atoms with Gasteiger partial charge in [-0.05, 0) is 79.9 Å². The van der Waals surface area contributed by atoms with Crippen LogP contribution in [0.5, 0.6) is 5.75 Å². The van der Waals surface area contributed by atoms with Crippen molar-refractivity contribution in [3.63, 3.8) is 0 Å². The Labute approximate surface area is 189 Å². The van der Waals surface area contributed by atoms with Crippen LogP contribution < -0.4 is 14.8 Å². The van der Waals surface area contributed by atoms with Gasteiger partial charge in [-0.3, -0.25) is 9.52 Å². The summed E-state index contributed by atoms with van der Waals surface area (Å²) in [6, 6.07) is 18.5. The lowest BCUT2D eigenvalue weighted by molar-refractivity contribution is 0.102. The molecule has 3 rings (SSSR count). The van der Waals surface area contributed by atoms with Gasteiger partial charge in [0.05, 0.1) is 17.1 Å². The molecule has 0 bridgehead atoms. The predicted octanol–water partition coefficient (Wildman–Crippen LogP) is 5.54. The fourth-order valence-corrected chi connectivity index (χ4v) is 4.09. The number of ether oxygens (including phenoxy) is 1. The molecule has 0 aliphatic carbocycles. The number of hydrogen-bond donors (Lipinski definition) is 2. The molecule has 0 heterocycles. The molecule has 0 aliphatic rings. The molecular formula is C25H28N2O4S. The summed E-state index contributed by atoms with van der Waals surface area (Å²) in [5, 5.41) is 2.80. The number of unbranched alkanes of at least 4 members (excludes halogenated alkanes) is 1. The van der Waals surface area contributed by atoms with Crippen LogP contribution >= 0.6 is 0 Å². The van der Waals surface area contributed by atoms with Crippen molar-refractivity contribution in [3.05, 3.63) is 83.4 Å². The number of sulfonamides is 1. The summed E-state index contributed by atoms with van der Waals surface area (Å²) in [5.74, 6) is 0.205. The summed E-state index contributed by atoms with van der Waals surface area (Å²) in [7, 11) is -3.74. The molecule has 3 aromatic rings. The number of para-hydroxylation sites is 1. The van der Waals surface area contributed by atoms with Crippen LogP contribution in [-0.2, 0) is 10.0 Å². The normalized spacial score (nSPS) is 11.1. The summed E-state index contributed by atoms with van der Waals surface area (Å²) in [5.41, 5.74) is 3.51. The van der Waals surface area contributed by atoms with Crippen molar-refractivity contribution in [3.8, 4) is 5.75 Å². The minimum absolute atomic E-state index is 0.108. The molecule has 7 heteroatoms. The van der Waals surface area contributed by atoms with E-state index in [0.29, 0.717) is 29.3 Å². The molecule has 0 unspecified atom stereocenters. The van der Waals surface area contributed by atoms with Gasteiger partial charge in [-0.1, -0.05) is 31.5 Å². The third kappa shape index (κ3) is 5.88. The van der Waals surface area contributed by atoms with Crippen molar-refractivity contribution in [1.82, 2.24) is 0 Å². The molecule has 6 nitrogen and oxygen atoms in total. The Morgan fingerprint density at radius 1 is 0.906 bits per heavy atom. The average Bonchev–Trinajstić information content (AvgIpc) is 2.77. The Morgan fingerprint density at radius 3 is 2.28 bits per heavy atom. The summed E-state index contributed by atoms with van der Waals surface area (Å²) < 4.78 is 33.7. The Balaban J connectivity index is 1.70. The maximum atomic E-state index is 12.7. The van der Waals surface area contributed by atoms with Crippen LogP contribution in [0, 0.1) is 13.8 Å². The van der Waals surface area contributed by atoms with Gasteiger partial charge in [-0.25, -0.2) is 8.42 Å². The maximum Gasteiger partial charge on any atom is 0.261 e. The standard InChI is InChI=1S/C25H28N2O4S/c1-4-5-16-31-24-9-7-6-8-23(24)25(28)26-20-12-14-22(15-13-20)32(29,30)27-21-11-10-18(2)19(3)17-21/h6-15,17,27H,4-5,16H2,1-3H3,(H,26,28). The van der Waals surface area contributed by atoms with Crippen LogP contribution in [0.2, 0.25) is 0 Å². The van der Waals surface area contributed by atoms with E-state index in [2.05, 4.69) is 17.0 Å². The molecule has 1 amide bonds. The zero-order chi connectivity index (χ0) is 23.1. The maximum absolute atomic E-state index is 12.7. The van der Waals surface area contributed by atoms with E-state index in [9.17, 15) is 13.2 Å². The van der Waals surface area contributed by atoms with Gasteiger partial charge in [-0.15, -0.1) is 0 Å². The van der Waals surface area contributed by atoms with E-state index in [1.807, 2.05) is 26.0 Å². The van der Waals surface area contributed by atoms with E-state index in [4.69, 9.17) is 4.74 Å². The van der Waals surface area contributed by atoms with Gasteiger partial charge in [0.15, 0.2) is 0 Å². The van der Waals surface area contributed by atoms with Crippen molar-refractivity contribution >= 4 is 27.3 Å². The quantitative estimate of drug-likeness (QED) is 0.418. The lowest BCUT2D eigenvalue weighted by atomic mass is 10.1. The zero-order valence-electron chi connectivity index (χ0n) is 18.5. The number of anilines is 2. The second kappa shape index (κ2) is 10.3. The molecule has 0 atom stereocenters. The van der Waals surface area contributed by atoms with Gasteiger partial charge in [0.1, 0.15) is 5.75 Å². The number of hydrogen-bond acceptors (Lipinski definition) is 4. The third-order valence-electron chi connectivity index (χ3n) is 5.07. The first kappa shape index (κ1) is 23.3. The summed E-state index contributed by atoms with van der Waals surface area (Å²) in [6.07, 6.45) is 1.91. The second-order valence-corrected chi connectivity index (χ2v) is 9.26. The van der Waals surface area contributed by atoms with E-state index in [0.717, 1.165) is 24.0 Å². The predicted molar refractivity (Wildman–Crippen MR) is 128 cm³/mol. The topological polar surface area (TPSA) is 84.5 Å². The van der Waals surface area contributed by atoms with Crippen molar-refractivity contribution in [2.45, 2.75) is 38.5 Å². The lowest BCUT2D eigenvalue weighted by Gasteiger charge is -2.12. The number of benzene rings is 3. The monoisotopic (exact) mass is 452 g/mol. The van der Waals surface area contributed by atoms with E-state index < -0.39 is 10.0 Å². The summed E-state index contributed by atoms with van der Waals surface area (Å²) >= 11 is 0. The number of carbonyl (C=O) groups is 1. The van der Waals surface area contributed by atoms with Gasteiger partial charge in [0.25, 0.3) is 15.9 Å². The minimum atomic E-state index is -3.74. The van der Waals surface area contributed by atoms with Gasteiger partial charge in [0.2, 0.25) is 0 Å². The van der Waals surface area contributed by atoms with Crippen LogP contribution in [-0.4, -0.2) is 20.9 Å². The van der Waals surface area contributed by atoms with Crippen LogP contribution in [0.25, 0.3) is 0 Å². The molecular weight excluding hydrogens is 424 g/mol. The van der Waals surface area contributed by atoms with E-state index in [1.165, 1.54) is 12.1 Å². The fourth-order valence-electron chi connectivity index (χ4n) is 3.04. The molecule has 0 aromatic heterocycles. The van der Waals surface area contributed by atoms with Crippen LogP contribution in [0.4, 0.5) is 11.4 Å². The van der Waals surface area contributed by atoms with E-state index >= 15 is 0 Å². The Morgan fingerprint density at radius 2 is 1.59 bits per heavy atom. The first-order valence-corrected chi connectivity index (χ1v) is 12.0. The first-order chi connectivity index (χ1) is 15.3. The Kier molecular flexibility index (Phi) is 7.53. The molecule has 0 spiro atoms. The molecule has 0 saturated heterocycles. The molecule has 2 N–H and O–H groups in total. The van der Waals surface area contributed by atoms with Gasteiger partial charge in [0, 0.05) is 11.4 Å². The summed E-state index contributed by atoms with van der Waals surface area (Å²) in [6.45, 7) is 6.51. The number of amides is 1. The Bertz CT molecular complexity index is 1190.